The van der Waals surface area contributed by atoms with Gasteiger partial charge in [-0.1, -0.05) is 50.2 Å². The predicted molar refractivity (Wildman–Crippen MR) is 83.3 cm³/mol. The Labute approximate surface area is 119 Å². The van der Waals surface area contributed by atoms with Crippen LogP contribution in [0.1, 0.15) is 26.7 Å². The molecule has 0 saturated carbocycles. The number of benzene rings is 2. The molecule has 0 aromatic heterocycles. The zero-order chi connectivity index (χ0) is 14.5. The van der Waals surface area contributed by atoms with Crippen LogP contribution in [0.5, 0.6) is 0 Å². The lowest BCUT2D eigenvalue weighted by atomic mass is 10.1. The molecule has 0 bridgehead atoms. The van der Waals surface area contributed by atoms with Gasteiger partial charge in [0.1, 0.15) is 6.04 Å². The molecule has 1 N–H and O–H groups in total. The van der Waals surface area contributed by atoms with E-state index in [9.17, 15) is 9.90 Å². The van der Waals surface area contributed by atoms with Crippen LogP contribution in [0.4, 0.5) is 5.69 Å². The van der Waals surface area contributed by atoms with E-state index in [-0.39, 0.29) is 0 Å². The first-order chi connectivity index (χ1) is 9.69. The first-order valence-corrected chi connectivity index (χ1v) is 7.16. The van der Waals surface area contributed by atoms with Crippen molar-refractivity contribution in [2.24, 2.45) is 0 Å². The molecule has 3 heteroatoms. The Morgan fingerprint density at radius 2 is 1.85 bits per heavy atom. The van der Waals surface area contributed by atoms with E-state index in [2.05, 4.69) is 25.1 Å². The maximum absolute atomic E-state index is 11.5. The van der Waals surface area contributed by atoms with Crippen LogP contribution in [0.15, 0.2) is 42.5 Å². The van der Waals surface area contributed by atoms with Gasteiger partial charge in [0.15, 0.2) is 0 Å². The van der Waals surface area contributed by atoms with Crippen LogP contribution in [0.3, 0.4) is 0 Å². The van der Waals surface area contributed by atoms with Crippen LogP contribution in [-0.2, 0) is 4.79 Å². The third kappa shape index (κ3) is 2.77. The molecule has 106 valence electrons. The lowest BCUT2D eigenvalue weighted by Gasteiger charge is -2.31. The van der Waals surface area contributed by atoms with E-state index in [4.69, 9.17) is 0 Å². The van der Waals surface area contributed by atoms with Gasteiger partial charge in [-0.3, -0.25) is 0 Å². The fourth-order valence-electron chi connectivity index (χ4n) is 2.67. The number of hydrogen-bond acceptors (Lipinski definition) is 2. The number of fused-ring (bicyclic) bond motifs is 1. The Hall–Kier alpha value is -2.03. The maximum Gasteiger partial charge on any atom is 0.326 e. The van der Waals surface area contributed by atoms with Gasteiger partial charge >= 0.3 is 5.97 Å². The second-order valence-corrected chi connectivity index (χ2v) is 4.95. The van der Waals surface area contributed by atoms with Gasteiger partial charge in [-0.25, -0.2) is 4.79 Å². The molecule has 0 aliphatic heterocycles. The molecule has 1 atom stereocenters. The van der Waals surface area contributed by atoms with Gasteiger partial charge in [-0.05, 0) is 24.3 Å². The van der Waals surface area contributed by atoms with Crippen LogP contribution < -0.4 is 4.90 Å². The number of nitrogens with zero attached hydrogens (tertiary/aromatic N) is 1. The molecule has 2 rings (SSSR count). The largest absolute Gasteiger partial charge is 0.480 e. The molecule has 2 aromatic rings. The summed E-state index contributed by atoms with van der Waals surface area (Å²) < 4.78 is 0. The minimum Gasteiger partial charge on any atom is -0.480 e. The lowest BCUT2D eigenvalue weighted by Crippen LogP contribution is -2.41. The van der Waals surface area contributed by atoms with Crippen molar-refractivity contribution in [2.75, 3.05) is 11.4 Å². The minimum atomic E-state index is -0.756. The summed E-state index contributed by atoms with van der Waals surface area (Å²) >= 11 is 0. The molecule has 0 fully saturated rings. The predicted octanol–water partition coefficient (Wildman–Crippen LogP) is 3.92. The quantitative estimate of drug-likeness (QED) is 0.865. The Morgan fingerprint density at radius 3 is 2.50 bits per heavy atom. The van der Waals surface area contributed by atoms with E-state index in [0.717, 1.165) is 29.4 Å². The highest BCUT2D eigenvalue weighted by atomic mass is 16.4. The van der Waals surface area contributed by atoms with Gasteiger partial charge in [0, 0.05) is 17.6 Å². The van der Waals surface area contributed by atoms with Gasteiger partial charge in [-0.15, -0.1) is 0 Å². The lowest BCUT2D eigenvalue weighted by molar-refractivity contribution is -0.138. The number of aliphatic carboxylic acids is 1. The molecule has 0 radical (unpaired) electrons. The summed E-state index contributed by atoms with van der Waals surface area (Å²) in [5.74, 6) is -0.756. The number of carboxylic acid groups (broad SMARTS) is 1. The highest BCUT2D eigenvalue weighted by Crippen LogP contribution is 2.29. The van der Waals surface area contributed by atoms with Gasteiger partial charge in [-0.2, -0.15) is 0 Å². The average Bonchev–Trinajstić information content (AvgIpc) is 2.46. The van der Waals surface area contributed by atoms with Gasteiger partial charge in [0.2, 0.25) is 0 Å². The molecule has 20 heavy (non-hydrogen) atoms. The van der Waals surface area contributed by atoms with Crippen molar-refractivity contribution in [2.45, 2.75) is 32.7 Å². The Balaban J connectivity index is 2.54. The zero-order valence-electron chi connectivity index (χ0n) is 12.0. The summed E-state index contributed by atoms with van der Waals surface area (Å²) in [5.41, 5.74) is 1.01. The second kappa shape index (κ2) is 6.42. The third-order valence-electron chi connectivity index (χ3n) is 3.59. The Kier molecular flexibility index (Phi) is 4.61. The van der Waals surface area contributed by atoms with Crippen LogP contribution in [0.2, 0.25) is 0 Å². The molecule has 0 spiro atoms. The van der Waals surface area contributed by atoms with Crippen molar-refractivity contribution in [3.05, 3.63) is 42.5 Å². The minimum absolute atomic E-state index is 0.472. The molecule has 3 nitrogen and oxygen atoms in total. The van der Waals surface area contributed by atoms with Crippen LogP contribution in [-0.4, -0.2) is 23.7 Å². The topological polar surface area (TPSA) is 40.5 Å². The average molecular weight is 271 g/mol. The van der Waals surface area contributed by atoms with E-state index >= 15 is 0 Å². The molecule has 2 aromatic carbocycles. The number of anilines is 1. The van der Waals surface area contributed by atoms with Crippen molar-refractivity contribution in [1.29, 1.82) is 0 Å². The molecular weight excluding hydrogens is 250 g/mol. The third-order valence-corrected chi connectivity index (χ3v) is 3.59. The van der Waals surface area contributed by atoms with E-state index in [1.807, 2.05) is 36.1 Å². The summed E-state index contributed by atoms with van der Waals surface area (Å²) in [4.78, 5) is 13.5. The standard InChI is InChI=1S/C17H21NO2/c1-3-12-18(15(4-2)17(19)20)16-11-7-9-13-8-5-6-10-14(13)16/h5-11,15H,3-4,12H2,1-2H3,(H,19,20)/t15-/m1/s1. The fraction of sp³-hybridized carbons (Fsp3) is 0.353. The first-order valence-electron chi connectivity index (χ1n) is 7.16. The van der Waals surface area contributed by atoms with Crippen molar-refractivity contribution < 1.29 is 9.90 Å². The Bertz CT molecular complexity index is 589. The normalized spacial score (nSPS) is 12.3. The van der Waals surface area contributed by atoms with Crippen molar-refractivity contribution >= 4 is 22.4 Å². The van der Waals surface area contributed by atoms with E-state index in [0.29, 0.717) is 6.42 Å². The van der Waals surface area contributed by atoms with Crippen molar-refractivity contribution in [3.63, 3.8) is 0 Å². The van der Waals surface area contributed by atoms with E-state index < -0.39 is 12.0 Å². The van der Waals surface area contributed by atoms with Gasteiger partial charge < -0.3 is 10.0 Å². The molecule has 0 saturated heterocycles. The number of carbonyl (C=O) groups is 1. The molecule has 0 aliphatic carbocycles. The van der Waals surface area contributed by atoms with Crippen molar-refractivity contribution in [3.8, 4) is 0 Å². The second-order valence-electron chi connectivity index (χ2n) is 4.95. The summed E-state index contributed by atoms with van der Waals surface area (Å²) in [7, 11) is 0. The monoisotopic (exact) mass is 271 g/mol. The van der Waals surface area contributed by atoms with Gasteiger partial charge in [0.05, 0.1) is 0 Å². The highest BCUT2D eigenvalue weighted by Gasteiger charge is 2.24. The molecule has 0 amide bonds. The molecule has 0 aliphatic rings. The van der Waals surface area contributed by atoms with Gasteiger partial charge in [0.25, 0.3) is 0 Å². The highest BCUT2D eigenvalue weighted by molar-refractivity contribution is 5.95. The van der Waals surface area contributed by atoms with Crippen LogP contribution in [0, 0.1) is 0 Å². The SMILES string of the molecule is CCCN(c1cccc2ccccc12)[C@H](CC)C(=O)O. The number of carboxylic acids is 1. The van der Waals surface area contributed by atoms with Crippen LogP contribution in [0.25, 0.3) is 10.8 Å². The number of hydrogen-bond donors (Lipinski definition) is 1. The first kappa shape index (κ1) is 14.4. The van der Waals surface area contributed by atoms with E-state index in [1.54, 1.807) is 0 Å². The van der Waals surface area contributed by atoms with Crippen molar-refractivity contribution in [1.82, 2.24) is 0 Å². The maximum atomic E-state index is 11.5. The Morgan fingerprint density at radius 1 is 1.15 bits per heavy atom. The summed E-state index contributed by atoms with van der Waals surface area (Å²) in [6, 6.07) is 13.7. The fourth-order valence-corrected chi connectivity index (χ4v) is 2.67. The summed E-state index contributed by atoms with van der Waals surface area (Å²) in [6.07, 6.45) is 1.52. The smallest absolute Gasteiger partial charge is 0.326 e. The molecule has 0 heterocycles. The summed E-state index contributed by atoms with van der Waals surface area (Å²) in [5, 5.41) is 11.7. The number of rotatable bonds is 6. The summed E-state index contributed by atoms with van der Waals surface area (Å²) in [6.45, 7) is 4.75. The van der Waals surface area contributed by atoms with Crippen LogP contribution >= 0.6 is 0 Å². The zero-order valence-corrected chi connectivity index (χ0v) is 12.0. The molecule has 0 unspecified atom stereocenters. The molecular formula is C17H21NO2. The van der Waals surface area contributed by atoms with E-state index in [1.165, 1.54) is 0 Å².